The molecule has 0 fully saturated rings. The van der Waals surface area contributed by atoms with Crippen LogP contribution in [0.1, 0.15) is 25.3 Å². The lowest BCUT2D eigenvalue weighted by Gasteiger charge is -2.10. The zero-order valence-corrected chi connectivity index (χ0v) is 12.1. The molecule has 2 nitrogen and oxygen atoms in total. The SMILES string of the molecule is CCCCNc1ccc(CNc2cccc(F)c2)cc1F. The molecule has 0 aliphatic heterocycles. The highest BCUT2D eigenvalue weighted by atomic mass is 19.1. The van der Waals surface area contributed by atoms with Crippen molar-refractivity contribution >= 4 is 11.4 Å². The molecule has 4 heteroatoms. The average molecular weight is 290 g/mol. The molecule has 2 N–H and O–H groups in total. The molecule has 2 aromatic carbocycles. The standard InChI is InChI=1S/C17H20F2N2/c1-2-3-9-20-17-8-7-13(10-16(17)19)12-21-15-6-4-5-14(18)11-15/h4-8,10-11,20-21H,2-3,9,12H2,1H3. The molecule has 0 saturated carbocycles. The van der Waals surface area contributed by atoms with Gasteiger partial charge in [-0.3, -0.25) is 0 Å². The Bertz CT molecular complexity index is 585. The average Bonchev–Trinajstić information content (AvgIpc) is 2.47. The van der Waals surface area contributed by atoms with Crippen molar-refractivity contribution in [3.63, 3.8) is 0 Å². The number of unbranched alkanes of at least 4 members (excludes halogenated alkanes) is 1. The molecule has 0 radical (unpaired) electrons. The number of rotatable bonds is 7. The monoisotopic (exact) mass is 290 g/mol. The first kappa shape index (κ1) is 15.3. The van der Waals surface area contributed by atoms with E-state index in [4.69, 9.17) is 0 Å². The van der Waals surface area contributed by atoms with Gasteiger partial charge < -0.3 is 10.6 Å². The third-order valence-corrected chi connectivity index (χ3v) is 3.20. The summed E-state index contributed by atoms with van der Waals surface area (Å²) in [6.45, 7) is 3.32. The molecule has 0 unspecified atom stereocenters. The summed E-state index contributed by atoms with van der Waals surface area (Å²) in [6, 6.07) is 11.3. The van der Waals surface area contributed by atoms with Crippen molar-refractivity contribution in [3.05, 3.63) is 59.7 Å². The van der Waals surface area contributed by atoms with Gasteiger partial charge in [-0.05, 0) is 42.3 Å². The minimum atomic E-state index is -0.290. The van der Waals surface area contributed by atoms with Crippen molar-refractivity contribution in [1.82, 2.24) is 0 Å². The molecule has 0 amide bonds. The summed E-state index contributed by atoms with van der Waals surface area (Å²) in [7, 11) is 0. The van der Waals surface area contributed by atoms with Crippen LogP contribution in [0.5, 0.6) is 0 Å². The fraction of sp³-hybridized carbons (Fsp3) is 0.294. The van der Waals surface area contributed by atoms with Gasteiger partial charge in [-0.25, -0.2) is 8.78 Å². The minimum Gasteiger partial charge on any atom is -0.383 e. The van der Waals surface area contributed by atoms with Gasteiger partial charge in [0.05, 0.1) is 5.69 Å². The second-order valence-corrected chi connectivity index (χ2v) is 4.96. The Balaban J connectivity index is 1.93. The van der Waals surface area contributed by atoms with Gasteiger partial charge in [0.1, 0.15) is 11.6 Å². The lowest BCUT2D eigenvalue weighted by Crippen LogP contribution is -2.05. The van der Waals surface area contributed by atoms with Gasteiger partial charge in [0.15, 0.2) is 0 Å². The lowest BCUT2D eigenvalue weighted by atomic mass is 10.2. The topological polar surface area (TPSA) is 24.1 Å². The van der Waals surface area contributed by atoms with Crippen LogP contribution in [0.4, 0.5) is 20.2 Å². The van der Waals surface area contributed by atoms with Crippen LogP contribution in [0.25, 0.3) is 0 Å². The van der Waals surface area contributed by atoms with Crippen LogP contribution in [-0.2, 0) is 6.54 Å². The van der Waals surface area contributed by atoms with E-state index in [2.05, 4.69) is 17.6 Å². The van der Waals surface area contributed by atoms with Crippen molar-refractivity contribution in [1.29, 1.82) is 0 Å². The molecule has 0 bridgehead atoms. The first-order valence-corrected chi connectivity index (χ1v) is 7.21. The first-order chi connectivity index (χ1) is 10.2. The van der Waals surface area contributed by atoms with Crippen molar-refractivity contribution in [2.75, 3.05) is 17.2 Å². The Morgan fingerprint density at radius 3 is 2.57 bits per heavy atom. The summed E-state index contributed by atoms with van der Waals surface area (Å²) >= 11 is 0. The molecule has 112 valence electrons. The summed E-state index contributed by atoms with van der Waals surface area (Å²) in [6.07, 6.45) is 2.09. The van der Waals surface area contributed by atoms with Crippen LogP contribution < -0.4 is 10.6 Å². The number of hydrogen-bond acceptors (Lipinski definition) is 2. The molecular formula is C17H20F2N2. The van der Waals surface area contributed by atoms with Gasteiger partial charge in [0.2, 0.25) is 0 Å². The highest BCUT2D eigenvalue weighted by Gasteiger charge is 2.03. The highest BCUT2D eigenvalue weighted by Crippen LogP contribution is 2.17. The van der Waals surface area contributed by atoms with E-state index in [9.17, 15) is 8.78 Å². The predicted molar refractivity (Wildman–Crippen MR) is 83.5 cm³/mol. The number of halogens is 2. The van der Waals surface area contributed by atoms with E-state index in [0.29, 0.717) is 17.9 Å². The molecule has 2 rings (SSSR count). The van der Waals surface area contributed by atoms with E-state index in [1.54, 1.807) is 18.2 Å². The Morgan fingerprint density at radius 1 is 1.00 bits per heavy atom. The van der Waals surface area contributed by atoms with Gasteiger partial charge in [-0.1, -0.05) is 25.5 Å². The molecule has 0 spiro atoms. The van der Waals surface area contributed by atoms with Crippen molar-refractivity contribution < 1.29 is 8.78 Å². The predicted octanol–water partition coefficient (Wildman–Crippen LogP) is 4.79. The largest absolute Gasteiger partial charge is 0.383 e. The molecule has 21 heavy (non-hydrogen) atoms. The quantitative estimate of drug-likeness (QED) is 0.716. The molecule has 0 aliphatic rings. The molecule has 0 aromatic heterocycles. The Hall–Kier alpha value is -2.10. The molecule has 0 heterocycles. The van der Waals surface area contributed by atoms with E-state index in [0.717, 1.165) is 24.9 Å². The third kappa shape index (κ3) is 4.74. The van der Waals surface area contributed by atoms with E-state index < -0.39 is 0 Å². The van der Waals surface area contributed by atoms with Gasteiger partial charge in [-0.15, -0.1) is 0 Å². The molecule has 2 aromatic rings. The van der Waals surface area contributed by atoms with Crippen molar-refractivity contribution in [3.8, 4) is 0 Å². The van der Waals surface area contributed by atoms with E-state index in [-0.39, 0.29) is 11.6 Å². The summed E-state index contributed by atoms with van der Waals surface area (Å²) in [5, 5.41) is 6.15. The van der Waals surface area contributed by atoms with Crippen LogP contribution in [0, 0.1) is 11.6 Å². The lowest BCUT2D eigenvalue weighted by molar-refractivity contribution is 0.626. The van der Waals surface area contributed by atoms with Crippen LogP contribution in [0.2, 0.25) is 0 Å². The number of anilines is 2. The van der Waals surface area contributed by atoms with E-state index in [1.807, 2.05) is 6.07 Å². The maximum atomic E-state index is 13.9. The van der Waals surface area contributed by atoms with Crippen molar-refractivity contribution in [2.45, 2.75) is 26.3 Å². The molecule has 0 atom stereocenters. The molecule has 0 aliphatic carbocycles. The van der Waals surface area contributed by atoms with Gasteiger partial charge in [-0.2, -0.15) is 0 Å². The van der Waals surface area contributed by atoms with Gasteiger partial charge in [0, 0.05) is 18.8 Å². The third-order valence-electron chi connectivity index (χ3n) is 3.20. The van der Waals surface area contributed by atoms with Gasteiger partial charge >= 0.3 is 0 Å². The van der Waals surface area contributed by atoms with E-state index in [1.165, 1.54) is 18.2 Å². The number of hydrogen-bond donors (Lipinski definition) is 2. The summed E-state index contributed by atoms with van der Waals surface area (Å²) in [4.78, 5) is 0. The van der Waals surface area contributed by atoms with E-state index >= 15 is 0 Å². The summed E-state index contributed by atoms with van der Waals surface area (Å²) < 4.78 is 27.0. The fourth-order valence-electron chi connectivity index (χ4n) is 2.01. The first-order valence-electron chi connectivity index (χ1n) is 7.21. The Kier molecular flexibility index (Phi) is 5.55. The molecular weight excluding hydrogens is 270 g/mol. The maximum absolute atomic E-state index is 13.9. The van der Waals surface area contributed by atoms with Crippen LogP contribution in [0.3, 0.4) is 0 Å². The zero-order valence-electron chi connectivity index (χ0n) is 12.1. The minimum absolute atomic E-state index is 0.260. The Morgan fingerprint density at radius 2 is 1.86 bits per heavy atom. The number of nitrogens with one attached hydrogen (secondary N) is 2. The summed E-state index contributed by atoms with van der Waals surface area (Å²) in [5.74, 6) is -0.550. The van der Waals surface area contributed by atoms with Crippen molar-refractivity contribution in [2.24, 2.45) is 0 Å². The fourth-order valence-corrected chi connectivity index (χ4v) is 2.01. The second kappa shape index (κ2) is 7.62. The van der Waals surface area contributed by atoms with Crippen LogP contribution in [-0.4, -0.2) is 6.54 Å². The summed E-state index contributed by atoms with van der Waals surface area (Å²) in [5.41, 5.74) is 2.02. The highest BCUT2D eigenvalue weighted by molar-refractivity contribution is 5.48. The second-order valence-electron chi connectivity index (χ2n) is 4.96. The van der Waals surface area contributed by atoms with Crippen LogP contribution >= 0.6 is 0 Å². The molecule has 0 saturated heterocycles. The van der Waals surface area contributed by atoms with Crippen LogP contribution in [0.15, 0.2) is 42.5 Å². The maximum Gasteiger partial charge on any atom is 0.146 e. The van der Waals surface area contributed by atoms with Gasteiger partial charge in [0.25, 0.3) is 0 Å². The Labute approximate surface area is 124 Å². The smallest absolute Gasteiger partial charge is 0.146 e. The normalized spacial score (nSPS) is 10.4. The number of benzene rings is 2. The zero-order chi connectivity index (χ0) is 15.1.